The van der Waals surface area contributed by atoms with Gasteiger partial charge in [-0.1, -0.05) is 38.8 Å². The summed E-state index contributed by atoms with van der Waals surface area (Å²) in [5, 5.41) is 4.18. The minimum atomic E-state index is 0.706. The Morgan fingerprint density at radius 3 is 2.67 bits per heavy atom. The lowest BCUT2D eigenvalue weighted by molar-refractivity contribution is 0.558. The molecular weight excluding hydrogens is 244 g/mol. The molecule has 18 heavy (non-hydrogen) atoms. The molecule has 1 aromatic carbocycles. The topological polar surface area (TPSA) is 15.3 Å². The Balaban J connectivity index is 2.85. The zero-order chi connectivity index (χ0) is 13.5. The van der Waals surface area contributed by atoms with Crippen LogP contribution in [0, 0.1) is 5.92 Å². The number of hydrogen-bond donors (Lipinski definition) is 1. The molecule has 2 nitrogen and oxygen atoms in total. The van der Waals surface area contributed by atoms with Crippen molar-refractivity contribution in [2.24, 2.45) is 5.92 Å². The molecule has 1 atom stereocenters. The normalized spacial score (nSPS) is 12.5. The summed E-state index contributed by atoms with van der Waals surface area (Å²) < 4.78 is 0. The zero-order valence-corrected chi connectivity index (χ0v) is 12.7. The summed E-state index contributed by atoms with van der Waals surface area (Å²) in [6, 6.07) is 6.16. The van der Waals surface area contributed by atoms with Crippen LogP contribution in [-0.2, 0) is 6.54 Å². The predicted molar refractivity (Wildman–Crippen MR) is 81.6 cm³/mol. The van der Waals surface area contributed by atoms with Gasteiger partial charge in [-0.15, -0.1) is 0 Å². The van der Waals surface area contributed by atoms with E-state index >= 15 is 0 Å². The molecule has 0 fully saturated rings. The van der Waals surface area contributed by atoms with Crippen LogP contribution in [0.2, 0.25) is 5.02 Å². The monoisotopic (exact) mass is 268 g/mol. The molecule has 0 saturated heterocycles. The Labute approximate surface area is 116 Å². The summed E-state index contributed by atoms with van der Waals surface area (Å²) in [6.45, 7) is 9.57. The highest BCUT2D eigenvalue weighted by Gasteiger charge is 2.10. The van der Waals surface area contributed by atoms with Gasteiger partial charge in [0.25, 0.3) is 0 Å². The Morgan fingerprint density at radius 1 is 1.33 bits per heavy atom. The van der Waals surface area contributed by atoms with Crippen molar-refractivity contribution in [1.29, 1.82) is 0 Å². The molecule has 0 spiro atoms. The number of benzene rings is 1. The molecule has 1 aromatic rings. The maximum Gasteiger partial charge on any atom is 0.0410 e. The fourth-order valence-corrected chi connectivity index (χ4v) is 2.22. The van der Waals surface area contributed by atoms with Crippen molar-refractivity contribution in [2.45, 2.75) is 33.7 Å². The Bertz CT molecular complexity index is 366. The van der Waals surface area contributed by atoms with Gasteiger partial charge >= 0.3 is 0 Å². The third-order valence-electron chi connectivity index (χ3n) is 3.30. The first-order valence-corrected chi connectivity index (χ1v) is 7.16. The molecule has 0 aliphatic rings. The Hall–Kier alpha value is -0.730. The smallest absolute Gasteiger partial charge is 0.0410 e. The van der Waals surface area contributed by atoms with Gasteiger partial charge in [0.1, 0.15) is 0 Å². The van der Waals surface area contributed by atoms with Gasteiger partial charge in [0, 0.05) is 30.8 Å². The molecule has 3 heteroatoms. The Morgan fingerprint density at radius 2 is 2.06 bits per heavy atom. The van der Waals surface area contributed by atoms with Gasteiger partial charge in [-0.25, -0.2) is 0 Å². The van der Waals surface area contributed by atoms with E-state index < -0.39 is 0 Å². The molecule has 0 heterocycles. The van der Waals surface area contributed by atoms with E-state index in [1.165, 1.54) is 17.7 Å². The highest BCUT2D eigenvalue weighted by atomic mass is 35.5. The Kier molecular flexibility index (Phi) is 6.51. The number of anilines is 1. The van der Waals surface area contributed by atoms with Gasteiger partial charge in [0.05, 0.1) is 0 Å². The van der Waals surface area contributed by atoms with Crippen molar-refractivity contribution in [3.8, 4) is 0 Å². The van der Waals surface area contributed by atoms with Crippen molar-refractivity contribution < 1.29 is 0 Å². The summed E-state index contributed by atoms with van der Waals surface area (Å²) in [4.78, 5) is 2.33. The summed E-state index contributed by atoms with van der Waals surface area (Å²) >= 11 is 6.09. The van der Waals surface area contributed by atoms with E-state index in [9.17, 15) is 0 Å². The van der Waals surface area contributed by atoms with E-state index in [4.69, 9.17) is 11.6 Å². The molecule has 102 valence electrons. The summed E-state index contributed by atoms with van der Waals surface area (Å²) in [7, 11) is 2.16. The average Bonchev–Trinajstić information content (AvgIpc) is 2.36. The minimum absolute atomic E-state index is 0.706. The molecule has 0 saturated carbocycles. The number of hydrogen-bond acceptors (Lipinski definition) is 2. The fraction of sp³-hybridized carbons (Fsp3) is 0.600. The lowest BCUT2D eigenvalue weighted by Gasteiger charge is -2.25. The standard InChI is InChI=1S/C15H25ClN2/c1-5-12(3)11-18(4)15-8-7-14(16)9-13(15)10-17-6-2/h7-9,12,17H,5-6,10-11H2,1-4H3. The van der Waals surface area contributed by atoms with E-state index in [1.807, 2.05) is 6.07 Å². The van der Waals surface area contributed by atoms with Gasteiger partial charge < -0.3 is 10.2 Å². The van der Waals surface area contributed by atoms with Crippen LogP contribution in [-0.4, -0.2) is 20.1 Å². The highest BCUT2D eigenvalue weighted by Crippen LogP contribution is 2.24. The van der Waals surface area contributed by atoms with E-state index in [0.717, 1.165) is 24.7 Å². The van der Waals surface area contributed by atoms with Crippen LogP contribution in [0.3, 0.4) is 0 Å². The van der Waals surface area contributed by atoms with Crippen molar-refractivity contribution in [3.05, 3.63) is 28.8 Å². The summed E-state index contributed by atoms with van der Waals surface area (Å²) in [5.74, 6) is 0.706. The first kappa shape index (κ1) is 15.3. The SMILES string of the molecule is CCNCc1cc(Cl)ccc1N(C)CC(C)CC. The second-order valence-electron chi connectivity index (χ2n) is 4.95. The number of nitrogens with one attached hydrogen (secondary N) is 1. The van der Waals surface area contributed by atoms with Crippen LogP contribution in [0.1, 0.15) is 32.8 Å². The highest BCUT2D eigenvalue weighted by molar-refractivity contribution is 6.30. The third kappa shape index (κ3) is 4.51. The van der Waals surface area contributed by atoms with Crippen LogP contribution in [0.25, 0.3) is 0 Å². The zero-order valence-electron chi connectivity index (χ0n) is 12.0. The molecule has 0 radical (unpaired) electrons. The molecule has 1 unspecified atom stereocenters. The molecule has 0 amide bonds. The van der Waals surface area contributed by atoms with Crippen LogP contribution < -0.4 is 10.2 Å². The molecule has 0 aliphatic carbocycles. The molecule has 1 rings (SSSR count). The largest absolute Gasteiger partial charge is 0.374 e. The van der Waals surface area contributed by atoms with Gasteiger partial charge in [0.15, 0.2) is 0 Å². The third-order valence-corrected chi connectivity index (χ3v) is 3.54. The van der Waals surface area contributed by atoms with Crippen LogP contribution in [0.5, 0.6) is 0 Å². The maximum absolute atomic E-state index is 6.09. The van der Waals surface area contributed by atoms with Crippen molar-refractivity contribution >= 4 is 17.3 Å². The first-order chi connectivity index (χ1) is 8.58. The van der Waals surface area contributed by atoms with Gasteiger partial charge in [0.2, 0.25) is 0 Å². The first-order valence-electron chi connectivity index (χ1n) is 6.78. The molecule has 1 N–H and O–H groups in total. The number of rotatable bonds is 7. The summed E-state index contributed by atoms with van der Waals surface area (Å²) in [5.41, 5.74) is 2.55. The maximum atomic E-state index is 6.09. The van der Waals surface area contributed by atoms with Crippen molar-refractivity contribution in [2.75, 3.05) is 25.0 Å². The number of nitrogens with zero attached hydrogens (tertiary/aromatic N) is 1. The second kappa shape index (κ2) is 7.65. The average molecular weight is 269 g/mol. The lowest BCUT2D eigenvalue weighted by atomic mass is 10.1. The van der Waals surface area contributed by atoms with E-state index in [-0.39, 0.29) is 0 Å². The van der Waals surface area contributed by atoms with Crippen LogP contribution in [0.4, 0.5) is 5.69 Å². The van der Waals surface area contributed by atoms with Crippen LogP contribution in [0.15, 0.2) is 18.2 Å². The lowest BCUT2D eigenvalue weighted by Crippen LogP contribution is -2.25. The van der Waals surface area contributed by atoms with E-state index in [0.29, 0.717) is 5.92 Å². The predicted octanol–water partition coefficient (Wildman–Crippen LogP) is 3.93. The van der Waals surface area contributed by atoms with Crippen molar-refractivity contribution in [3.63, 3.8) is 0 Å². The van der Waals surface area contributed by atoms with Gasteiger partial charge in [-0.3, -0.25) is 0 Å². The molecular formula is C15H25ClN2. The second-order valence-corrected chi connectivity index (χ2v) is 5.38. The quantitative estimate of drug-likeness (QED) is 0.806. The van der Waals surface area contributed by atoms with Gasteiger partial charge in [-0.05, 0) is 36.2 Å². The van der Waals surface area contributed by atoms with Crippen molar-refractivity contribution in [1.82, 2.24) is 5.32 Å². The molecule has 0 aliphatic heterocycles. The molecule has 0 aromatic heterocycles. The molecule has 0 bridgehead atoms. The van der Waals surface area contributed by atoms with E-state index in [2.05, 4.69) is 50.2 Å². The van der Waals surface area contributed by atoms with E-state index in [1.54, 1.807) is 0 Å². The summed E-state index contributed by atoms with van der Waals surface area (Å²) in [6.07, 6.45) is 1.21. The minimum Gasteiger partial charge on any atom is -0.374 e. The fourth-order valence-electron chi connectivity index (χ4n) is 2.02. The van der Waals surface area contributed by atoms with Crippen LogP contribution >= 0.6 is 11.6 Å². The van der Waals surface area contributed by atoms with Gasteiger partial charge in [-0.2, -0.15) is 0 Å². The number of halogens is 1.